The molecule has 1 amide bonds. The average molecular weight is 432 g/mol. The van der Waals surface area contributed by atoms with Gasteiger partial charge in [-0.15, -0.1) is 0 Å². The summed E-state index contributed by atoms with van der Waals surface area (Å²) >= 11 is 1.24. The lowest BCUT2D eigenvalue weighted by Gasteiger charge is -2.15. The molecule has 9 heteroatoms. The van der Waals surface area contributed by atoms with Gasteiger partial charge in [0.2, 0.25) is 10.0 Å². The van der Waals surface area contributed by atoms with Crippen LogP contribution < -0.4 is 10.1 Å². The second-order valence-corrected chi connectivity index (χ2v) is 9.79. The van der Waals surface area contributed by atoms with Gasteiger partial charge in [-0.1, -0.05) is 29.5 Å². The summed E-state index contributed by atoms with van der Waals surface area (Å²) in [6, 6.07) is 14.0. The predicted molar refractivity (Wildman–Crippen MR) is 113 cm³/mol. The van der Waals surface area contributed by atoms with Crippen LogP contribution >= 0.6 is 11.3 Å². The number of aromatic nitrogens is 1. The SMILES string of the molecule is CC(Oc1ccccc1)C(=O)Nc1nc2ccc(S(=O)(=O)N3CCCC3)cc2s1. The van der Waals surface area contributed by atoms with Crippen molar-refractivity contribution in [2.24, 2.45) is 0 Å². The normalized spacial score (nSPS) is 16.0. The highest BCUT2D eigenvalue weighted by molar-refractivity contribution is 7.89. The Hall–Kier alpha value is -2.49. The van der Waals surface area contributed by atoms with E-state index in [1.165, 1.54) is 15.6 Å². The monoisotopic (exact) mass is 431 g/mol. The Kier molecular flexibility index (Phi) is 5.53. The molecule has 1 aromatic heterocycles. The zero-order valence-corrected chi connectivity index (χ0v) is 17.5. The fourth-order valence-corrected chi connectivity index (χ4v) is 5.69. The fraction of sp³-hybridized carbons (Fsp3) is 0.300. The Bertz CT molecular complexity index is 1120. The molecule has 1 atom stereocenters. The first kappa shape index (κ1) is 19.8. The minimum absolute atomic E-state index is 0.259. The van der Waals surface area contributed by atoms with E-state index in [1.54, 1.807) is 37.3 Å². The van der Waals surface area contributed by atoms with Crippen molar-refractivity contribution >= 4 is 42.6 Å². The minimum atomic E-state index is -3.49. The molecule has 3 aromatic rings. The van der Waals surface area contributed by atoms with Crippen molar-refractivity contribution in [3.63, 3.8) is 0 Å². The Balaban J connectivity index is 1.49. The van der Waals surface area contributed by atoms with Crippen molar-refractivity contribution in [1.29, 1.82) is 0 Å². The summed E-state index contributed by atoms with van der Waals surface area (Å²) in [7, 11) is -3.49. The zero-order valence-electron chi connectivity index (χ0n) is 15.9. The molecule has 7 nitrogen and oxygen atoms in total. The second kappa shape index (κ2) is 8.10. The van der Waals surface area contributed by atoms with Gasteiger partial charge in [0, 0.05) is 13.1 Å². The van der Waals surface area contributed by atoms with E-state index in [1.807, 2.05) is 18.2 Å². The first-order chi connectivity index (χ1) is 13.9. The fourth-order valence-electron chi connectivity index (χ4n) is 3.16. The van der Waals surface area contributed by atoms with Crippen LogP contribution in [0.4, 0.5) is 5.13 Å². The number of hydrogen-bond donors (Lipinski definition) is 1. The standard InChI is InChI=1S/C20H21N3O4S2/c1-14(27-15-7-3-2-4-8-15)19(24)22-20-21-17-10-9-16(13-18(17)28-20)29(25,26)23-11-5-6-12-23/h2-4,7-10,13-14H,5-6,11-12H2,1H3,(H,21,22,24). The molecule has 0 aliphatic carbocycles. The van der Waals surface area contributed by atoms with Crippen LogP contribution in [-0.2, 0) is 14.8 Å². The van der Waals surface area contributed by atoms with E-state index >= 15 is 0 Å². The van der Waals surface area contributed by atoms with Gasteiger partial charge in [-0.25, -0.2) is 13.4 Å². The van der Waals surface area contributed by atoms with Crippen molar-refractivity contribution in [2.75, 3.05) is 18.4 Å². The van der Waals surface area contributed by atoms with E-state index in [0.717, 1.165) is 12.8 Å². The van der Waals surface area contributed by atoms with Crippen molar-refractivity contribution < 1.29 is 17.9 Å². The number of carbonyl (C=O) groups excluding carboxylic acids is 1. The number of amides is 1. The van der Waals surface area contributed by atoms with E-state index in [0.29, 0.717) is 34.2 Å². The molecule has 1 aliphatic heterocycles. The van der Waals surface area contributed by atoms with Gasteiger partial charge in [-0.2, -0.15) is 4.31 Å². The number of benzene rings is 2. The number of nitrogens with one attached hydrogen (secondary N) is 1. The van der Waals surface area contributed by atoms with Crippen molar-refractivity contribution in [1.82, 2.24) is 9.29 Å². The third-order valence-corrected chi connectivity index (χ3v) is 7.55. The molecule has 1 unspecified atom stereocenters. The molecule has 1 fully saturated rings. The summed E-state index contributed by atoms with van der Waals surface area (Å²) < 4.78 is 33.3. The van der Waals surface area contributed by atoms with E-state index < -0.39 is 16.1 Å². The highest BCUT2D eigenvalue weighted by Gasteiger charge is 2.27. The molecule has 0 saturated carbocycles. The predicted octanol–water partition coefficient (Wildman–Crippen LogP) is 3.49. The van der Waals surface area contributed by atoms with Crippen LogP contribution in [0.3, 0.4) is 0 Å². The number of anilines is 1. The van der Waals surface area contributed by atoms with E-state index in [-0.39, 0.29) is 10.8 Å². The number of fused-ring (bicyclic) bond motifs is 1. The van der Waals surface area contributed by atoms with Crippen LogP contribution in [0.5, 0.6) is 5.75 Å². The summed E-state index contributed by atoms with van der Waals surface area (Å²) in [5.41, 5.74) is 0.641. The molecule has 0 radical (unpaired) electrons. The van der Waals surface area contributed by atoms with Crippen LogP contribution in [0.25, 0.3) is 10.2 Å². The molecular weight excluding hydrogens is 410 g/mol. The Morgan fingerprint density at radius 3 is 2.62 bits per heavy atom. The summed E-state index contributed by atoms with van der Waals surface area (Å²) in [5, 5.41) is 3.15. The Morgan fingerprint density at radius 2 is 1.90 bits per heavy atom. The van der Waals surface area contributed by atoms with Crippen molar-refractivity contribution in [3.05, 3.63) is 48.5 Å². The third kappa shape index (κ3) is 4.26. The van der Waals surface area contributed by atoms with Crippen molar-refractivity contribution in [2.45, 2.75) is 30.8 Å². The van der Waals surface area contributed by atoms with E-state index in [4.69, 9.17) is 4.74 Å². The highest BCUT2D eigenvalue weighted by Crippen LogP contribution is 2.30. The molecule has 4 rings (SSSR count). The number of thiazole rings is 1. The molecule has 0 spiro atoms. The molecule has 1 N–H and O–H groups in total. The van der Waals surface area contributed by atoms with Gasteiger partial charge < -0.3 is 4.74 Å². The van der Waals surface area contributed by atoms with Gasteiger partial charge in [-0.05, 0) is 50.1 Å². The second-order valence-electron chi connectivity index (χ2n) is 6.82. The molecular formula is C20H21N3O4S2. The smallest absolute Gasteiger partial charge is 0.266 e. The molecule has 2 aromatic carbocycles. The third-order valence-electron chi connectivity index (χ3n) is 4.72. The number of carbonyl (C=O) groups is 1. The van der Waals surface area contributed by atoms with Gasteiger partial charge in [0.1, 0.15) is 5.75 Å². The Labute approximate surface area is 173 Å². The molecule has 2 heterocycles. The molecule has 0 bridgehead atoms. The maximum atomic E-state index is 12.7. The van der Waals surface area contributed by atoms with Gasteiger partial charge >= 0.3 is 0 Å². The average Bonchev–Trinajstić information content (AvgIpc) is 3.38. The van der Waals surface area contributed by atoms with Gasteiger partial charge in [0.05, 0.1) is 15.1 Å². The quantitative estimate of drug-likeness (QED) is 0.645. The maximum absolute atomic E-state index is 12.7. The van der Waals surface area contributed by atoms with Crippen LogP contribution in [0, 0.1) is 0 Å². The molecule has 152 valence electrons. The van der Waals surface area contributed by atoms with Crippen LogP contribution in [0.2, 0.25) is 0 Å². The number of ether oxygens (including phenoxy) is 1. The minimum Gasteiger partial charge on any atom is -0.481 e. The van der Waals surface area contributed by atoms with Gasteiger partial charge in [-0.3, -0.25) is 10.1 Å². The van der Waals surface area contributed by atoms with E-state index in [2.05, 4.69) is 10.3 Å². The van der Waals surface area contributed by atoms with E-state index in [9.17, 15) is 13.2 Å². The van der Waals surface area contributed by atoms with Crippen molar-refractivity contribution in [3.8, 4) is 5.75 Å². The van der Waals surface area contributed by atoms with Gasteiger partial charge in [0.15, 0.2) is 11.2 Å². The van der Waals surface area contributed by atoms with Crippen LogP contribution in [0.15, 0.2) is 53.4 Å². The summed E-state index contributed by atoms with van der Waals surface area (Å²) in [5.74, 6) is 0.286. The highest BCUT2D eigenvalue weighted by atomic mass is 32.2. The number of para-hydroxylation sites is 1. The lowest BCUT2D eigenvalue weighted by atomic mass is 10.3. The lowest BCUT2D eigenvalue weighted by molar-refractivity contribution is -0.122. The first-order valence-corrected chi connectivity index (χ1v) is 11.6. The summed E-state index contributed by atoms with van der Waals surface area (Å²) in [6.45, 7) is 2.78. The number of hydrogen-bond acceptors (Lipinski definition) is 6. The van der Waals surface area contributed by atoms with Crippen LogP contribution in [-0.4, -0.2) is 42.8 Å². The number of rotatable bonds is 6. The summed E-state index contributed by atoms with van der Waals surface area (Å²) in [6.07, 6.45) is 1.08. The maximum Gasteiger partial charge on any atom is 0.266 e. The zero-order chi connectivity index (χ0) is 20.4. The number of nitrogens with zero attached hydrogens (tertiary/aromatic N) is 2. The Morgan fingerprint density at radius 1 is 1.17 bits per heavy atom. The lowest BCUT2D eigenvalue weighted by Crippen LogP contribution is -2.30. The summed E-state index contributed by atoms with van der Waals surface area (Å²) in [4.78, 5) is 17.1. The molecule has 1 saturated heterocycles. The van der Waals surface area contributed by atoms with Gasteiger partial charge in [0.25, 0.3) is 5.91 Å². The largest absolute Gasteiger partial charge is 0.481 e. The van der Waals surface area contributed by atoms with Crippen LogP contribution in [0.1, 0.15) is 19.8 Å². The first-order valence-electron chi connectivity index (χ1n) is 9.37. The molecule has 1 aliphatic rings. The number of sulfonamides is 1. The molecule has 29 heavy (non-hydrogen) atoms. The topological polar surface area (TPSA) is 88.6 Å².